The van der Waals surface area contributed by atoms with Gasteiger partial charge < -0.3 is 9.64 Å². The van der Waals surface area contributed by atoms with Crippen LogP contribution in [0.4, 0.5) is 5.82 Å². The average Bonchev–Trinajstić information content (AvgIpc) is 2.48. The minimum absolute atomic E-state index is 0.755. The zero-order valence-electron chi connectivity index (χ0n) is 10.9. The largest absolute Gasteiger partial charge is 0.378 e. The van der Waals surface area contributed by atoms with Crippen molar-refractivity contribution >= 4 is 5.82 Å². The molecule has 5 heteroatoms. The number of anilines is 1. The molecule has 0 saturated carbocycles. The first-order valence-electron chi connectivity index (χ1n) is 6.42. The second-order valence-electron chi connectivity index (χ2n) is 4.50. The summed E-state index contributed by atoms with van der Waals surface area (Å²) < 4.78 is 5.37. The van der Waals surface area contributed by atoms with E-state index in [2.05, 4.69) is 19.9 Å². The summed E-state index contributed by atoms with van der Waals surface area (Å²) in [5, 5.41) is 0. The van der Waals surface area contributed by atoms with Crippen molar-refractivity contribution in [1.29, 1.82) is 0 Å². The molecule has 1 aliphatic heterocycles. The third-order valence-corrected chi connectivity index (χ3v) is 3.12. The first-order valence-corrected chi connectivity index (χ1v) is 6.42. The Bertz CT molecular complexity index is 553. The summed E-state index contributed by atoms with van der Waals surface area (Å²) in [6.45, 7) is 5.19. The molecule has 19 heavy (non-hydrogen) atoms. The summed E-state index contributed by atoms with van der Waals surface area (Å²) in [5.41, 5.74) is 1.93. The molecule has 0 unspecified atom stereocenters. The maximum absolute atomic E-state index is 5.37. The summed E-state index contributed by atoms with van der Waals surface area (Å²) in [5.74, 6) is 1.75. The highest BCUT2D eigenvalue weighted by molar-refractivity contribution is 5.62. The molecule has 0 amide bonds. The van der Waals surface area contributed by atoms with Gasteiger partial charge in [0, 0.05) is 37.1 Å². The molecular weight excluding hydrogens is 240 g/mol. The lowest BCUT2D eigenvalue weighted by atomic mass is 10.2. The van der Waals surface area contributed by atoms with Gasteiger partial charge in [-0.25, -0.2) is 9.97 Å². The van der Waals surface area contributed by atoms with Crippen molar-refractivity contribution in [2.24, 2.45) is 0 Å². The lowest BCUT2D eigenvalue weighted by Crippen LogP contribution is -2.36. The van der Waals surface area contributed by atoms with Gasteiger partial charge in [-0.15, -0.1) is 0 Å². The van der Waals surface area contributed by atoms with Gasteiger partial charge in [-0.3, -0.25) is 4.98 Å². The third-order valence-electron chi connectivity index (χ3n) is 3.12. The molecule has 1 saturated heterocycles. The van der Waals surface area contributed by atoms with Crippen molar-refractivity contribution in [1.82, 2.24) is 15.0 Å². The fourth-order valence-electron chi connectivity index (χ4n) is 2.17. The molecule has 0 aliphatic carbocycles. The van der Waals surface area contributed by atoms with Crippen molar-refractivity contribution in [2.75, 3.05) is 31.2 Å². The SMILES string of the molecule is Cc1nc(-c2cccnc2)cc(N2CCOCC2)n1. The number of pyridine rings is 1. The average molecular weight is 256 g/mol. The van der Waals surface area contributed by atoms with Crippen molar-refractivity contribution in [3.63, 3.8) is 0 Å². The number of ether oxygens (including phenoxy) is 1. The molecule has 98 valence electrons. The van der Waals surface area contributed by atoms with Gasteiger partial charge in [0.05, 0.1) is 18.9 Å². The van der Waals surface area contributed by atoms with E-state index in [1.165, 1.54) is 0 Å². The van der Waals surface area contributed by atoms with E-state index < -0.39 is 0 Å². The predicted octanol–water partition coefficient (Wildman–Crippen LogP) is 1.68. The lowest BCUT2D eigenvalue weighted by Gasteiger charge is -2.28. The smallest absolute Gasteiger partial charge is 0.133 e. The molecule has 3 heterocycles. The third kappa shape index (κ3) is 2.71. The van der Waals surface area contributed by atoms with Crippen LogP contribution in [0.3, 0.4) is 0 Å². The highest BCUT2D eigenvalue weighted by Gasteiger charge is 2.14. The van der Waals surface area contributed by atoms with E-state index in [-0.39, 0.29) is 0 Å². The topological polar surface area (TPSA) is 51.1 Å². The highest BCUT2D eigenvalue weighted by atomic mass is 16.5. The Hall–Kier alpha value is -2.01. The minimum Gasteiger partial charge on any atom is -0.378 e. The van der Waals surface area contributed by atoms with Crippen molar-refractivity contribution in [3.05, 3.63) is 36.4 Å². The molecule has 0 atom stereocenters. The Morgan fingerprint density at radius 2 is 2.05 bits per heavy atom. The van der Waals surface area contributed by atoms with Crippen LogP contribution in [0.2, 0.25) is 0 Å². The van der Waals surface area contributed by atoms with Gasteiger partial charge in [0.25, 0.3) is 0 Å². The van der Waals surface area contributed by atoms with E-state index in [1.54, 1.807) is 6.20 Å². The molecule has 2 aromatic heterocycles. The van der Waals surface area contributed by atoms with Crippen molar-refractivity contribution in [2.45, 2.75) is 6.92 Å². The van der Waals surface area contributed by atoms with Crippen molar-refractivity contribution < 1.29 is 4.74 Å². The lowest BCUT2D eigenvalue weighted by molar-refractivity contribution is 0.122. The van der Waals surface area contributed by atoms with Crippen LogP contribution in [0, 0.1) is 6.92 Å². The Balaban J connectivity index is 1.96. The first-order chi connectivity index (χ1) is 9.33. The number of hydrogen-bond acceptors (Lipinski definition) is 5. The predicted molar refractivity (Wildman–Crippen MR) is 73.0 cm³/mol. The van der Waals surface area contributed by atoms with Crippen molar-refractivity contribution in [3.8, 4) is 11.3 Å². The van der Waals surface area contributed by atoms with Gasteiger partial charge in [-0.2, -0.15) is 0 Å². The van der Waals surface area contributed by atoms with Gasteiger partial charge in [-0.05, 0) is 19.1 Å². The monoisotopic (exact) mass is 256 g/mol. The number of nitrogens with zero attached hydrogens (tertiary/aromatic N) is 4. The number of morpholine rings is 1. The van der Waals surface area contributed by atoms with E-state index in [1.807, 2.05) is 31.3 Å². The van der Waals surface area contributed by atoms with Crippen LogP contribution >= 0.6 is 0 Å². The van der Waals surface area contributed by atoms with Crippen LogP contribution in [0.5, 0.6) is 0 Å². The van der Waals surface area contributed by atoms with Crippen LogP contribution in [-0.4, -0.2) is 41.3 Å². The molecule has 0 radical (unpaired) electrons. The quantitative estimate of drug-likeness (QED) is 0.818. The summed E-state index contributed by atoms with van der Waals surface area (Å²) in [6.07, 6.45) is 3.59. The molecule has 3 rings (SSSR count). The van der Waals surface area contributed by atoms with E-state index in [9.17, 15) is 0 Å². The van der Waals surface area contributed by atoms with Gasteiger partial charge in [-0.1, -0.05) is 0 Å². The molecule has 2 aromatic rings. The molecule has 1 aliphatic rings. The standard InChI is InChI=1S/C14H16N4O/c1-11-16-13(12-3-2-4-15-10-12)9-14(17-11)18-5-7-19-8-6-18/h2-4,9-10H,5-8H2,1H3. The Labute approximate surface area is 112 Å². The molecule has 5 nitrogen and oxygen atoms in total. The van der Waals surface area contributed by atoms with Gasteiger partial charge >= 0.3 is 0 Å². The Morgan fingerprint density at radius 1 is 1.21 bits per heavy atom. The number of rotatable bonds is 2. The highest BCUT2D eigenvalue weighted by Crippen LogP contribution is 2.21. The molecule has 1 fully saturated rings. The fourth-order valence-corrected chi connectivity index (χ4v) is 2.17. The second kappa shape index (κ2) is 5.32. The van der Waals surface area contributed by atoms with Crippen LogP contribution in [0.1, 0.15) is 5.82 Å². The summed E-state index contributed by atoms with van der Waals surface area (Å²) in [6, 6.07) is 5.95. The molecular formula is C14H16N4O. The molecule has 0 spiro atoms. The van der Waals surface area contributed by atoms with Gasteiger partial charge in [0.15, 0.2) is 0 Å². The van der Waals surface area contributed by atoms with E-state index in [0.717, 1.165) is 49.2 Å². The Kier molecular flexibility index (Phi) is 3.37. The van der Waals surface area contributed by atoms with Crippen LogP contribution < -0.4 is 4.90 Å². The van der Waals surface area contributed by atoms with E-state index in [0.29, 0.717) is 0 Å². The maximum atomic E-state index is 5.37. The summed E-state index contributed by atoms with van der Waals surface area (Å²) in [4.78, 5) is 15.4. The van der Waals surface area contributed by atoms with Crippen LogP contribution in [0.25, 0.3) is 11.3 Å². The minimum atomic E-state index is 0.755. The van der Waals surface area contributed by atoms with Gasteiger partial charge in [0.1, 0.15) is 11.6 Å². The summed E-state index contributed by atoms with van der Waals surface area (Å²) >= 11 is 0. The zero-order chi connectivity index (χ0) is 13.1. The van der Waals surface area contributed by atoms with Crippen LogP contribution in [-0.2, 0) is 4.74 Å². The normalized spacial score (nSPS) is 15.5. The zero-order valence-corrected chi connectivity index (χ0v) is 10.9. The number of hydrogen-bond donors (Lipinski definition) is 0. The molecule has 0 N–H and O–H groups in total. The Morgan fingerprint density at radius 3 is 2.79 bits per heavy atom. The second-order valence-corrected chi connectivity index (χ2v) is 4.50. The summed E-state index contributed by atoms with van der Waals surface area (Å²) in [7, 11) is 0. The van der Waals surface area contributed by atoms with Crippen LogP contribution in [0.15, 0.2) is 30.6 Å². The molecule has 0 bridgehead atoms. The van der Waals surface area contributed by atoms with E-state index >= 15 is 0 Å². The van der Waals surface area contributed by atoms with Gasteiger partial charge in [0.2, 0.25) is 0 Å². The maximum Gasteiger partial charge on any atom is 0.133 e. The van der Waals surface area contributed by atoms with E-state index in [4.69, 9.17) is 4.74 Å². The molecule has 0 aromatic carbocycles. The number of aromatic nitrogens is 3. The number of aryl methyl sites for hydroxylation is 1. The fraction of sp³-hybridized carbons (Fsp3) is 0.357. The first kappa shape index (κ1) is 12.0.